The van der Waals surface area contributed by atoms with Gasteiger partial charge in [0.15, 0.2) is 0 Å². The van der Waals surface area contributed by atoms with Crippen LogP contribution in [0.15, 0.2) is 18.3 Å². The summed E-state index contributed by atoms with van der Waals surface area (Å²) in [5.74, 6) is 0.745. The minimum atomic E-state index is 0.139. The van der Waals surface area contributed by atoms with Crippen LogP contribution in [0.25, 0.3) is 0 Å². The van der Waals surface area contributed by atoms with Crippen LogP contribution in [0.4, 0.5) is 5.82 Å². The Labute approximate surface area is 103 Å². The normalized spacial score (nSPS) is 10.9. The number of nitriles is 1. The van der Waals surface area contributed by atoms with Gasteiger partial charge in [-0.3, -0.25) is 0 Å². The van der Waals surface area contributed by atoms with Gasteiger partial charge in [-0.25, -0.2) is 4.98 Å². The van der Waals surface area contributed by atoms with Gasteiger partial charge in [-0.1, -0.05) is 13.8 Å². The Morgan fingerprint density at radius 1 is 1.53 bits per heavy atom. The monoisotopic (exact) mass is 233 g/mol. The highest BCUT2D eigenvalue weighted by atomic mass is 16.5. The predicted octanol–water partition coefficient (Wildman–Crippen LogP) is 2.43. The van der Waals surface area contributed by atoms with Gasteiger partial charge in [0.1, 0.15) is 5.82 Å². The lowest BCUT2D eigenvalue weighted by atomic mass is 9.90. The SMILES string of the molecule is COCCC(C)(C)CNc1cc(C#N)ccn1. The third-order valence-electron chi connectivity index (χ3n) is 2.62. The van der Waals surface area contributed by atoms with E-state index in [-0.39, 0.29) is 5.41 Å². The second-order valence-corrected chi connectivity index (χ2v) is 4.80. The summed E-state index contributed by atoms with van der Waals surface area (Å²) in [6.07, 6.45) is 2.62. The first-order chi connectivity index (χ1) is 8.07. The van der Waals surface area contributed by atoms with Crippen molar-refractivity contribution in [2.45, 2.75) is 20.3 Å². The molecule has 1 heterocycles. The maximum atomic E-state index is 8.78. The summed E-state index contributed by atoms with van der Waals surface area (Å²) in [7, 11) is 1.71. The molecule has 92 valence electrons. The fraction of sp³-hybridized carbons (Fsp3) is 0.538. The van der Waals surface area contributed by atoms with E-state index < -0.39 is 0 Å². The number of nitrogens with zero attached hydrogens (tertiary/aromatic N) is 2. The lowest BCUT2D eigenvalue weighted by molar-refractivity contribution is 0.157. The Bertz CT molecular complexity index is 396. The molecular weight excluding hydrogens is 214 g/mol. The van der Waals surface area contributed by atoms with Gasteiger partial charge in [0, 0.05) is 26.5 Å². The van der Waals surface area contributed by atoms with E-state index in [2.05, 4.69) is 30.2 Å². The van der Waals surface area contributed by atoms with E-state index in [0.717, 1.165) is 25.4 Å². The van der Waals surface area contributed by atoms with Crippen LogP contribution in [-0.4, -0.2) is 25.2 Å². The Kier molecular flexibility index (Phi) is 4.92. The second-order valence-electron chi connectivity index (χ2n) is 4.80. The zero-order valence-corrected chi connectivity index (χ0v) is 10.7. The fourth-order valence-electron chi connectivity index (χ4n) is 1.39. The first-order valence-electron chi connectivity index (χ1n) is 5.66. The summed E-state index contributed by atoms with van der Waals surface area (Å²) < 4.78 is 5.08. The second kappa shape index (κ2) is 6.21. The molecule has 0 saturated heterocycles. The molecule has 0 atom stereocenters. The number of hydrogen-bond acceptors (Lipinski definition) is 4. The van der Waals surface area contributed by atoms with Crippen LogP contribution in [0.3, 0.4) is 0 Å². The quantitative estimate of drug-likeness (QED) is 0.819. The van der Waals surface area contributed by atoms with Crippen LogP contribution in [0.2, 0.25) is 0 Å². The van der Waals surface area contributed by atoms with Crippen molar-refractivity contribution in [1.82, 2.24) is 4.98 Å². The highest BCUT2D eigenvalue weighted by Crippen LogP contribution is 2.20. The van der Waals surface area contributed by atoms with Crippen LogP contribution < -0.4 is 5.32 Å². The minimum absolute atomic E-state index is 0.139. The summed E-state index contributed by atoms with van der Waals surface area (Å²) in [5.41, 5.74) is 0.762. The van der Waals surface area contributed by atoms with Crippen molar-refractivity contribution in [2.75, 3.05) is 25.6 Å². The number of anilines is 1. The number of methoxy groups -OCH3 is 1. The third kappa shape index (κ3) is 4.83. The van der Waals surface area contributed by atoms with Crippen molar-refractivity contribution in [3.8, 4) is 6.07 Å². The Hall–Kier alpha value is -1.60. The van der Waals surface area contributed by atoms with Crippen LogP contribution in [-0.2, 0) is 4.74 Å². The van der Waals surface area contributed by atoms with Gasteiger partial charge in [-0.05, 0) is 24.0 Å². The Balaban J connectivity index is 2.52. The Morgan fingerprint density at radius 2 is 2.29 bits per heavy atom. The zero-order valence-electron chi connectivity index (χ0n) is 10.7. The predicted molar refractivity (Wildman–Crippen MR) is 67.7 cm³/mol. The molecule has 17 heavy (non-hydrogen) atoms. The highest BCUT2D eigenvalue weighted by molar-refractivity contribution is 5.42. The molecule has 0 aliphatic rings. The molecule has 0 fully saturated rings. The molecule has 1 N–H and O–H groups in total. The molecule has 0 saturated carbocycles. The number of pyridine rings is 1. The van der Waals surface area contributed by atoms with Gasteiger partial charge in [0.25, 0.3) is 0 Å². The standard InChI is InChI=1S/C13H19N3O/c1-13(2,5-7-17-3)10-16-12-8-11(9-14)4-6-15-12/h4,6,8H,5,7,10H2,1-3H3,(H,15,16). The molecule has 0 amide bonds. The van der Waals surface area contributed by atoms with Crippen LogP contribution in [0, 0.1) is 16.7 Å². The van der Waals surface area contributed by atoms with Crippen molar-refractivity contribution in [3.63, 3.8) is 0 Å². The summed E-state index contributed by atoms with van der Waals surface area (Å²) in [4.78, 5) is 4.18. The highest BCUT2D eigenvalue weighted by Gasteiger charge is 2.17. The minimum Gasteiger partial charge on any atom is -0.385 e. The van der Waals surface area contributed by atoms with Crippen molar-refractivity contribution in [1.29, 1.82) is 5.26 Å². The first-order valence-corrected chi connectivity index (χ1v) is 5.66. The average molecular weight is 233 g/mol. The van der Waals surface area contributed by atoms with Gasteiger partial charge < -0.3 is 10.1 Å². The Morgan fingerprint density at radius 3 is 2.94 bits per heavy atom. The van der Waals surface area contributed by atoms with Crippen molar-refractivity contribution in [2.24, 2.45) is 5.41 Å². The molecule has 0 spiro atoms. The number of nitrogens with one attached hydrogen (secondary N) is 1. The first kappa shape index (κ1) is 13.5. The largest absolute Gasteiger partial charge is 0.385 e. The molecule has 0 aromatic carbocycles. The van der Waals surface area contributed by atoms with E-state index in [1.165, 1.54) is 0 Å². The molecule has 0 radical (unpaired) electrons. The number of ether oxygens (including phenoxy) is 1. The van der Waals surface area contributed by atoms with Crippen molar-refractivity contribution < 1.29 is 4.74 Å². The van der Waals surface area contributed by atoms with Gasteiger partial charge in [0.05, 0.1) is 11.6 Å². The summed E-state index contributed by atoms with van der Waals surface area (Å²) >= 11 is 0. The molecule has 0 aliphatic carbocycles. The van der Waals surface area contributed by atoms with E-state index in [9.17, 15) is 0 Å². The van der Waals surface area contributed by atoms with E-state index in [4.69, 9.17) is 10.00 Å². The van der Waals surface area contributed by atoms with E-state index in [1.807, 2.05) is 0 Å². The fourth-order valence-corrected chi connectivity index (χ4v) is 1.39. The van der Waals surface area contributed by atoms with Crippen LogP contribution in [0.5, 0.6) is 0 Å². The van der Waals surface area contributed by atoms with Crippen LogP contribution in [0.1, 0.15) is 25.8 Å². The summed E-state index contributed by atoms with van der Waals surface area (Å²) in [6, 6.07) is 5.55. The zero-order chi connectivity index (χ0) is 12.7. The van der Waals surface area contributed by atoms with Crippen LogP contribution >= 0.6 is 0 Å². The summed E-state index contributed by atoms with van der Waals surface area (Å²) in [6.45, 7) is 5.90. The molecule has 0 unspecified atom stereocenters. The molecular formula is C13H19N3O. The maximum Gasteiger partial charge on any atom is 0.127 e. The number of hydrogen-bond donors (Lipinski definition) is 1. The van der Waals surface area contributed by atoms with Gasteiger partial charge in [-0.2, -0.15) is 5.26 Å². The molecule has 0 bridgehead atoms. The van der Waals surface area contributed by atoms with Gasteiger partial charge >= 0.3 is 0 Å². The molecule has 4 nitrogen and oxygen atoms in total. The van der Waals surface area contributed by atoms with Crippen molar-refractivity contribution in [3.05, 3.63) is 23.9 Å². The van der Waals surface area contributed by atoms with E-state index in [0.29, 0.717) is 5.56 Å². The van der Waals surface area contributed by atoms with E-state index in [1.54, 1.807) is 25.4 Å². The number of rotatable bonds is 6. The maximum absolute atomic E-state index is 8.78. The topological polar surface area (TPSA) is 57.9 Å². The van der Waals surface area contributed by atoms with Gasteiger partial charge in [-0.15, -0.1) is 0 Å². The molecule has 4 heteroatoms. The number of aromatic nitrogens is 1. The van der Waals surface area contributed by atoms with E-state index >= 15 is 0 Å². The molecule has 1 rings (SSSR count). The molecule has 0 aliphatic heterocycles. The lowest BCUT2D eigenvalue weighted by Crippen LogP contribution is -2.25. The molecule has 1 aromatic rings. The third-order valence-corrected chi connectivity index (χ3v) is 2.62. The average Bonchev–Trinajstić information content (AvgIpc) is 2.34. The lowest BCUT2D eigenvalue weighted by Gasteiger charge is -2.24. The summed E-state index contributed by atoms with van der Waals surface area (Å²) in [5, 5.41) is 12.0. The van der Waals surface area contributed by atoms with Crippen molar-refractivity contribution >= 4 is 5.82 Å². The molecule has 1 aromatic heterocycles. The smallest absolute Gasteiger partial charge is 0.127 e. The van der Waals surface area contributed by atoms with Gasteiger partial charge in [0.2, 0.25) is 0 Å².